The van der Waals surface area contributed by atoms with Crippen LogP contribution in [-0.2, 0) is 19.2 Å². The highest BCUT2D eigenvalue weighted by molar-refractivity contribution is 5.88. The Bertz CT molecular complexity index is 539. The van der Waals surface area contributed by atoms with Crippen molar-refractivity contribution in [1.82, 2.24) is 10.4 Å². The molecule has 1 unspecified atom stereocenters. The van der Waals surface area contributed by atoms with Crippen LogP contribution in [0.3, 0.4) is 0 Å². The van der Waals surface area contributed by atoms with Crippen molar-refractivity contribution in [3.63, 3.8) is 0 Å². The van der Waals surface area contributed by atoms with E-state index >= 15 is 0 Å². The van der Waals surface area contributed by atoms with Crippen molar-refractivity contribution in [1.29, 1.82) is 0 Å². The van der Waals surface area contributed by atoms with Crippen LogP contribution >= 0.6 is 0 Å². The zero-order chi connectivity index (χ0) is 20.7. The van der Waals surface area contributed by atoms with Crippen molar-refractivity contribution >= 4 is 11.9 Å². The molecule has 0 aliphatic carbocycles. The molecule has 26 heavy (non-hydrogen) atoms. The summed E-state index contributed by atoms with van der Waals surface area (Å²) in [6, 6.07) is -0.307. The average molecular weight is 369 g/mol. The van der Waals surface area contributed by atoms with E-state index < -0.39 is 11.5 Å². The summed E-state index contributed by atoms with van der Waals surface area (Å²) in [5.74, 6) is -0.874. The predicted octanol–water partition coefficient (Wildman–Crippen LogP) is 3.39. The Morgan fingerprint density at radius 1 is 1.12 bits per heavy atom. The van der Waals surface area contributed by atoms with E-state index in [4.69, 9.17) is 9.57 Å². The fourth-order valence-electron chi connectivity index (χ4n) is 2.18. The highest BCUT2D eigenvalue weighted by Crippen LogP contribution is 2.20. The Balaban J connectivity index is 4.90. The van der Waals surface area contributed by atoms with Gasteiger partial charge in [0.15, 0.2) is 0 Å². The second kappa shape index (κ2) is 9.88. The molecule has 0 radical (unpaired) electrons. The fraction of sp³-hybridized carbons (Fsp3) is 0.700. The maximum Gasteiger partial charge on any atom is 0.352 e. The smallest absolute Gasteiger partial charge is 0.352 e. The average Bonchev–Trinajstić information content (AvgIpc) is 2.45. The molecule has 0 fully saturated rings. The number of hydrogen-bond acceptors (Lipinski definition) is 6. The molecule has 0 aliphatic rings. The van der Waals surface area contributed by atoms with Crippen LogP contribution < -0.4 is 5.32 Å². The zero-order valence-electron chi connectivity index (χ0n) is 17.9. The molecular weight excluding hydrogens is 332 g/mol. The van der Waals surface area contributed by atoms with E-state index in [2.05, 4.69) is 32.7 Å². The van der Waals surface area contributed by atoms with Crippen molar-refractivity contribution in [2.24, 2.45) is 0 Å². The van der Waals surface area contributed by atoms with Gasteiger partial charge >= 0.3 is 11.9 Å². The number of esters is 1. The lowest BCUT2D eigenvalue weighted by molar-refractivity contribution is -0.218. The highest BCUT2D eigenvalue weighted by Gasteiger charge is 2.30. The van der Waals surface area contributed by atoms with Crippen molar-refractivity contribution in [3.05, 3.63) is 23.8 Å². The molecule has 0 spiro atoms. The van der Waals surface area contributed by atoms with Crippen LogP contribution in [0.4, 0.5) is 0 Å². The zero-order valence-corrected chi connectivity index (χ0v) is 17.9. The SMILES string of the molecule is C=C(C)C(=O)ON(C(C)C=C(C)C(=O)OCCNC(C)(C)C)C(C)(C)C. The second-order valence-electron chi connectivity index (χ2n) is 8.56. The molecule has 0 amide bonds. The molecule has 0 aromatic rings. The number of ether oxygens (including phenoxy) is 1. The number of nitrogens with one attached hydrogen (secondary N) is 1. The topological polar surface area (TPSA) is 67.9 Å². The first-order valence-electron chi connectivity index (χ1n) is 8.93. The molecule has 1 atom stereocenters. The largest absolute Gasteiger partial charge is 0.461 e. The Morgan fingerprint density at radius 2 is 1.65 bits per heavy atom. The van der Waals surface area contributed by atoms with E-state index in [0.717, 1.165) is 0 Å². The fourth-order valence-corrected chi connectivity index (χ4v) is 2.18. The number of nitrogens with zero attached hydrogens (tertiary/aromatic N) is 1. The Morgan fingerprint density at radius 3 is 2.08 bits per heavy atom. The summed E-state index contributed by atoms with van der Waals surface area (Å²) in [6.45, 7) is 21.6. The summed E-state index contributed by atoms with van der Waals surface area (Å²) >= 11 is 0. The summed E-state index contributed by atoms with van der Waals surface area (Å²) in [4.78, 5) is 29.5. The number of carbonyl (C=O) groups is 2. The first-order chi connectivity index (χ1) is 11.6. The third kappa shape index (κ3) is 9.73. The number of hydroxylamine groups is 2. The third-order valence-electron chi connectivity index (χ3n) is 3.36. The summed E-state index contributed by atoms with van der Waals surface area (Å²) < 4.78 is 5.27. The normalized spacial score (nSPS) is 14.2. The van der Waals surface area contributed by atoms with Crippen LogP contribution in [0.5, 0.6) is 0 Å². The molecule has 0 aromatic carbocycles. The van der Waals surface area contributed by atoms with Crippen molar-refractivity contribution in [3.8, 4) is 0 Å². The monoisotopic (exact) mass is 368 g/mol. The number of hydrogen-bond donors (Lipinski definition) is 1. The lowest BCUT2D eigenvalue weighted by Gasteiger charge is -2.36. The van der Waals surface area contributed by atoms with Gasteiger partial charge in [-0.25, -0.2) is 9.59 Å². The number of carbonyl (C=O) groups excluding carboxylic acids is 2. The summed E-state index contributed by atoms with van der Waals surface area (Å²) in [5, 5.41) is 4.81. The lowest BCUT2D eigenvalue weighted by atomic mass is 10.1. The maximum atomic E-state index is 12.1. The Kier molecular flexibility index (Phi) is 9.25. The molecule has 0 aliphatic heterocycles. The van der Waals surface area contributed by atoms with E-state index in [1.807, 2.05) is 27.7 Å². The molecule has 6 heteroatoms. The Hall–Kier alpha value is -1.66. The summed E-state index contributed by atoms with van der Waals surface area (Å²) in [7, 11) is 0. The van der Waals surface area contributed by atoms with Gasteiger partial charge in [0, 0.05) is 28.8 Å². The molecule has 0 saturated carbocycles. The van der Waals surface area contributed by atoms with Gasteiger partial charge in [0.25, 0.3) is 0 Å². The minimum absolute atomic E-state index is 0.0217. The minimum Gasteiger partial charge on any atom is -0.461 e. The first kappa shape index (κ1) is 24.3. The van der Waals surface area contributed by atoms with Crippen LogP contribution in [-0.4, -0.2) is 47.3 Å². The predicted molar refractivity (Wildman–Crippen MR) is 104 cm³/mol. The number of rotatable bonds is 8. The van der Waals surface area contributed by atoms with Gasteiger partial charge in [-0.1, -0.05) is 12.7 Å². The molecule has 150 valence electrons. The van der Waals surface area contributed by atoms with Gasteiger partial charge in [0.05, 0.1) is 6.04 Å². The van der Waals surface area contributed by atoms with Gasteiger partial charge < -0.3 is 14.9 Å². The highest BCUT2D eigenvalue weighted by atomic mass is 16.7. The van der Waals surface area contributed by atoms with E-state index in [1.54, 1.807) is 25.0 Å². The van der Waals surface area contributed by atoms with Crippen LogP contribution in [0.15, 0.2) is 23.8 Å². The molecule has 1 N–H and O–H groups in total. The maximum absolute atomic E-state index is 12.1. The standard InChI is InChI=1S/C20H36N2O4/c1-14(2)17(23)26-22(20(8,9)10)16(4)13-15(3)18(24)25-12-11-21-19(5,6)7/h13,16,21H,1,11-12H2,2-10H3. The molecule has 0 bridgehead atoms. The molecule has 6 nitrogen and oxygen atoms in total. The van der Waals surface area contributed by atoms with Gasteiger partial charge in [-0.3, -0.25) is 0 Å². The summed E-state index contributed by atoms with van der Waals surface area (Å²) in [6.07, 6.45) is 1.73. The molecular formula is C20H36N2O4. The van der Waals surface area contributed by atoms with E-state index in [9.17, 15) is 9.59 Å². The van der Waals surface area contributed by atoms with Crippen molar-refractivity contribution in [2.45, 2.75) is 79.4 Å². The van der Waals surface area contributed by atoms with E-state index in [-0.39, 0.29) is 17.6 Å². The van der Waals surface area contributed by atoms with E-state index in [0.29, 0.717) is 24.3 Å². The van der Waals surface area contributed by atoms with Gasteiger partial charge in [-0.2, -0.15) is 0 Å². The molecule has 0 saturated heterocycles. The van der Waals surface area contributed by atoms with Crippen LogP contribution in [0, 0.1) is 0 Å². The molecule has 0 heterocycles. The van der Waals surface area contributed by atoms with Crippen molar-refractivity contribution < 1.29 is 19.2 Å². The van der Waals surface area contributed by atoms with Gasteiger partial charge in [0.1, 0.15) is 6.61 Å². The Labute approximate surface area is 158 Å². The quantitative estimate of drug-likeness (QED) is 0.307. The lowest BCUT2D eigenvalue weighted by Crippen LogP contribution is -2.47. The second-order valence-corrected chi connectivity index (χ2v) is 8.56. The summed E-state index contributed by atoms with van der Waals surface area (Å²) in [5.41, 5.74) is 0.320. The van der Waals surface area contributed by atoms with Gasteiger partial charge in [0.2, 0.25) is 0 Å². The van der Waals surface area contributed by atoms with Gasteiger partial charge in [-0.15, -0.1) is 5.06 Å². The van der Waals surface area contributed by atoms with Crippen molar-refractivity contribution in [2.75, 3.05) is 13.2 Å². The molecule has 0 rings (SSSR count). The van der Waals surface area contributed by atoms with Crippen LogP contribution in [0.25, 0.3) is 0 Å². The van der Waals surface area contributed by atoms with E-state index in [1.165, 1.54) is 0 Å². The molecule has 0 aromatic heterocycles. The minimum atomic E-state index is -0.492. The van der Waals surface area contributed by atoms with Crippen LogP contribution in [0.2, 0.25) is 0 Å². The van der Waals surface area contributed by atoms with Gasteiger partial charge in [-0.05, 0) is 62.3 Å². The van der Waals surface area contributed by atoms with Crippen LogP contribution in [0.1, 0.15) is 62.3 Å². The third-order valence-corrected chi connectivity index (χ3v) is 3.36. The first-order valence-corrected chi connectivity index (χ1v) is 8.93.